The third kappa shape index (κ3) is 1.12. The Hall–Kier alpha value is -1.68. The number of halogens is 1. The van der Waals surface area contributed by atoms with E-state index in [1.54, 1.807) is 0 Å². The Labute approximate surface area is 83.4 Å². The molecule has 1 aromatic carbocycles. The Morgan fingerprint density at radius 1 is 1.21 bits per heavy atom. The van der Waals surface area contributed by atoms with Crippen molar-refractivity contribution < 1.29 is 19.1 Å². The molecule has 14 heavy (non-hydrogen) atoms. The smallest absolute Gasteiger partial charge is 0.347 e. The number of carbonyl (C=O) groups is 3. The number of cyclic esters (lactones) is 2. The van der Waals surface area contributed by atoms with Gasteiger partial charge in [-0.2, -0.15) is 0 Å². The van der Waals surface area contributed by atoms with E-state index in [9.17, 15) is 14.4 Å². The second-order valence-corrected chi connectivity index (χ2v) is 3.02. The summed E-state index contributed by atoms with van der Waals surface area (Å²) in [7, 11) is 0. The van der Waals surface area contributed by atoms with Gasteiger partial charge in [-0.1, -0.05) is 6.07 Å². The SMILES string of the molecule is O=C(Cl)c1cccc2c1C(=O)OC2=O. The monoisotopic (exact) mass is 210 g/mol. The largest absolute Gasteiger partial charge is 0.386 e. The summed E-state index contributed by atoms with van der Waals surface area (Å²) in [6, 6.07) is 4.24. The lowest BCUT2D eigenvalue weighted by Gasteiger charge is -1.97. The predicted molar refractivity (Wildman–Crippen MR) is 46.4 cm³/mol. The maximum Gasteiger partial charge on any atom is 0.347 e. The number of esters is 2. The molecular formula is C9H3ClO4. The summed E-state index contributed by atoms with van der Waals surface area (Å²) in [5.74, 6) is -1.57. The zero-order valence-electron chi connectivity index (χ0n) is 6.74. The molecule has 0 amide bonds. The Morgan fingerprint density at radius 2 is 1.93 bits per heavy atom. The maximum absolute atomic E-state index is 11.1. The van der Waals surface area contributed by atoms with Crippen molar-refractivity contribution in [3.63, 3.8) is 0 Å². The van der Waals surface area contributed by atoms with E-state index in [0.717, 1.165) is 0 Å². The third-order valence-corrected chi connectivity index (χ3v) is 2.09. The average Bonchev–Trinajstić information content (AvgIpc) is 2.43. The van der Waals surface area contributed by atoms with E-state index in [4.69, 9.17) is 11.6 Å². The highest BCUT2D eigenvalue weighted by atomic mass is 35.5. The minimum atomic E-state index is -0.824. The van der Waals surface area contributed by atoms with E-state index < -0.39 is 17.2 Å². The molecule has 0 N–H and O–H groups in total. The zero-order valence-corrected chi connectivity index (χ0v) is 7.50. The minimum Gasteiger partial charge on any atom is -0.386 e. The number of fused-ring (bicyclic) bond motifs is 1. The van der Waals surface area contributed by atoms with Crippen LogP contribution in [0.25, 0.3) is 0 Å². The van der Waals surface area contributed by atoms with E-state index >= 15 is 0 Å². The van der Waals surface area contributed by atoms with Crippen molar-refractivity contribution in [3.8, 4) is 0 Å². The number of hydrogen-bond donors (Lipinski definition) is 0. The van der Waals surface area contributed by atoms with Crippen LogP contribution in [0.2, 0.25) is 0 Å². The molecule has 1 aliphatic heterocycles. The molecule has 4 nitrogen and oxygen atoms in total. The Kier molecular flexibility index (Phi) is 1.86. The maximum atomic E-state index is 11.1. The molecule has 0 unspecified atom stereocenters. The van der Waals surface area contributed by atoms with Crippen molar-refractivity contribution >= 4 is 28.8 Å². The molecule has 0 atom stereocenters. The number of rotatable bonds is 1. The van der Waals surface area contributed by atoms with Gasteiger partial charge in [0.25, 0.3) is 5.24 Å². The number of benzene rings is 1. The Bertz CT molecular complexity index is 464. The summed E-state index contributed by atoms with van der Waals surface area (Å²) in [6.07, 6.45) is 0. The van der Waals surface area contributed by atoms with Gasteiger partial charge in [0.1, 0.15) is 0 Å². The first-order valence-electron chi connectivity index (χ1n) is 3.70. The first-order chi connectivity index (χ1) is 6.61. The molecule has 1 aliphatic rings. The van der Waals surface area contributed by atoms with Crippen LogP contribution in [0.3, 0.4) is 0 Å². The lowest BCUT2D eigenvalue weighted by Crippen LogP contribution is -2.02. The van der Waals surface area contributed by atoms with Crippen molar-refractivity contribution in [2.24, 2.45) is 0 Å². The van der Waals surface area contributed by atoms with E-state index in [-0.39, 0.29) is 16.7 Å². The number of carbonyl (C=O) groups excluding carboxylic acids is 3. The molecule has 0 saturated heterocycles. The van der Waals surface area contributed by atoms with E-state index in [0.29, 0.717) is 0 Å². The van der Waals surface area contributed by atoms with Crippen LogP contribution >= 0.6 is 11.6 Å². The molecule has 2 rings (SSSR count). The van der Waals surface area contributed by atoms with Crippen LogP contribution in [0.5, 0.6) is 0 Å². The zero-order chi connectivity index (χ0) is 10.3. The van der Waals surface area contributed by atoms with Crippen molar-refractivity contribution in [3.05, 3.63) is 34.9 Å². The number of ether oxygens (including phenoxy) is 1. The standard InChI is InChI=1S/C9H3ClO4/c10-7(11)4-2-1-3-5-6(4)9(13)14-8(5)12/h1-3H. The summed E-state index contributed by atoms with van der Waals surface area (Å²) in [5, 5.41) is -0.784. The molecule has 0 aromatic heterocycles. The van der Waals surface area contributed by atoms with Gasteiger partial charge in [0.05, 0.1) is 11.1 Å². The fraction of sp³-hybridized carbons (Fsp3) is 0. The molecule has 5 heteroatoms. The summed E-state index contributed by atoms with van der Waals surface area (Å²) in [6.45, 7) is 0. The van der Waals surface area contributed by atoms with Crippen molar-refractivity contribution in [2.75, 3.05) is 0 Å². The first-order valence-corrected chi connectivity index (χ1v) is 4.08. The van der Waals surface area contributed by atoms with Gasteiger partial charge < -0.3 is 4.74 Å². The van der Waals surface area contributed by atoms with Crippen LogP contribution in [0.1, 0.15) is 31.1 Å². The lowest BCUT2D eigenvalue weighted by molar-refractivity contribution is 0.0442. The Balaban J connectivity index is 2.74. The van der Waals surface area contributed by atoms with Gasteiger partial charge in [0.15, 0.2) is 0 Å². The molecule has 0 bridgehead atoms. The lowest BCUT2D eigenvalue weighted by atomic mass is 10.0. The average molecular weight is 211 g/mol. The second kappa shape index (κ2) is 2.92. The molecule has 0 saturated carbocycles. The van der Waals surface area contributed by atoms with Gasteiger partial charge in [-0.3, -0.25) is 4.79 Å². The first kappa shape index (κ1) is 8.90. The van der Waals surface area contributed by atoms with Crippen LogP contribution < -0.4 is 0 Å². The van der Waals surface area contributed by atoms with E-state index in [1.165, 1.54) is 18.2 Å². The predicted octanol–water partition coefficient (Wildman–Crippen LogP) is 1.38. The third-order valence-electron chi connectivity index (χ3n) is 1.89. The van der Waals surface area contributed by atoms with Gasteiger partial charge in [-0.25, -0.2) is 9.59 Å². The van der Waals surface area contributed by atoms with E-state index in [1.807, 2.05) is 0 Å². The van der Waals surface area contributed by atoms with Crippen LogP contribution in [0.15, 0.2) is 18.2 Å². The fourth-order valence-electron chi connectivity index (χ4n) is 1.30. The fourth-order valence-corrected chi connectivity index (χ4v) is 1.45. The van der Waals surface area contributed by atoms with Crippen LogP contribution in [0, 0.1) is 0 Å². The normalized spacial score (nSPS) is 13.8. The van der Waals surface area contributed by atoms with Crippen molar-refractivity contribution in [1.82, 2.24) is 0 Å². The van der Waals surface area contributed by atoms with Crippen molar-refractivity contribution in [1.29, 1.82) is 0 Å². The van der Waals surface area contributed by atoms with Gasteiger partial charge in [0.2, 0.25) is 0 Å². The molecule has 1 aromatic rings. The Morgan fingerprint density at radius 3 is 2.57 bits per heavy atom. The summed E-state index contributed by atoms with van der Waals surface area (Å²) in [4.78, 5) is 33.1. The molecule has 70 valence electrons. The molecule has 0 spiro atoms. The van der Waals surface area contributed by atoms with Gasteiger partial charge in [-0.15, -0.1) is 0 Å². The van der Waals surface area contributed by atoms with E-state index in [2.05, 4.69) is 4.74 Å². The summed E-state index contributed by atoms with van der Waals surface area (Å²) >= 11 is 5.24. The van der Waals surface area contributed by atoms with Gasteiger partial charge in [-0.05, 0) is 23.7 Å². The molecular weight excluding hydrogens is 208 g/mol. The molecule has 0 radical (unpaired) electrons. The summed E-state index contributed by atoms with van der Waals surface area (Å²) < 4.78 is 4.33. The van der Waals surface area contributed by atoms with Crippen LogP contribution in [-0.2, 0) is 4.74 Å². The number of hydrogen-bond acceptors (Lipinski definition) is 4. The highest BCUT2D eigenvalue weighted by Crippen LogP contribution is 2.24. The van der Waals surface area contributed by atoms with Crippen molar-refractivity contribution in [2.45, 2.75) is 0 Å². The van der Waals surface area contributed by atoms with Gasteiger partial charge in [0, 0.05) is 5.56 Å². The highest BCUT2D eigenvalue weighted by molar-refractivity contribution is 6.68. The molecule has 0 fully saturated rings. The summed E-state index contributed by atoms with van der Waals surface area (Å²) in [5.41, 5.74) is 0.0408. The topological polar surface area (TPSA) is 60.4 Å². The quantitative estimate of drug-likeness (QED) is 0.399. The van der Waals surface area contributed by atoms with Crippen LogP contribution in [-0.4, -0.2) is 17.2 Å². The van der Waals surface area contributed by atoms with Crippen LogP contribution in [0.4, 0.5) is 0 Å². The molecule has 0 aliphatic carbocycles. The van der Waals surface area contributed by atoms with Gasteiger partial charge >= 0.3 is 11.9 Å². The highest BCUT2D eigenvalue weighted by Gasteiger charge is 2.33. The minimum absolute atomic E-state index is 0.0000154. The molecule has 1 heterocycles. The second-order valence-electron chi connectivity index (χ2n) is 2.68.